The first-order chi connectivity index (χ1) is 7.68. The summed E-state index contributed by atoms with van der Waals surface area (Å²) < 4.78 is 3.08. The summed E-state index contributed by atoms with van der Waals surface area (Å²) >= 11 is 3.52. The number of pyridine rings is 1. The van der Waals surface area contributed by atoms with Gasteiger partial charge in [0.1, 0.15) is 10.3 Å². The van der Waals surface area contributed by atoms with Gasteiger partial charge in [-0.1, -0.05) is 6.07 Å². The molecule has 0 amide bonds. The van der Waals surface area contributed by atoms with E-state index in [1.165, 1.54) is 18.5 Å². The summed E-state index contributed by atoms with van der Waals surface area (Å²) in [6.07, 6.45) is 6.43. The fourth-order valence-electron chi connectivity index (χ4n) is 2.02. The number of halogens is 1. The molecule has 1 aliphatic rings. The molecule has 1 aliphatic carbocycles. The molecule has 1 saturated carbocycles. The second-order valence-corrected chi connectivity index (χ2v) is 5.39. The Hall–Kier alpha value is -0.870. The first-order valence-corrected chi connectivity index (χ1v) is 6.38. The normalized spacial score (nSPS) is 17.9. The lowest BCUT2D eigenvalue weighted by atomic mass is 10.1. The maximum atomic E-state index is 6.11. The Balaban J connectivity index is 1.92. The van der Waals surface area contributed by atoms with Crippen LogP contribution in [0.4, 0.5) is 0 Å². The van der Waals surface area contributed by atoms with Crippen LogP contribution in [-0.2, 0) is 6.42 Å². The van der Waals surface area contributed by atoms with Gasteiger partial charge in [0.2, 0.25) is 0 Å². The number of aromatic nitrogens is 2. The average molecular weight is 280 g/mol. The minimum Gasteiger partial charge on any atom is -0.325 e. The van der Waals surface area contributed by atoms with E-state index in [0.29, 0.717) is 0 Å². The Labute approximate surface area is 103 Å². The number of nitrogens with zero attached hydrogens (tertiary/aromatic N) is 2. The fraction of sp³-hybridized carbons (Fsp3) is 0.417. The predicted molar refractivity (Wildman–Crippen MR) is 67.4 cm³/mol. The molecule has 1 fully saturated rings. The molecule has 0 saturated heterocycles. The second kappa shape index (κ2) is 3.57. The van der Waals surface area contributed by atoms with Gasteiger partial charge in [-0.05, 0) is 53.7 Å². The van der Waals surface area contributed by atoms with Crippen molar-refractivity contribution >= 4 is 21.6 Å². The van der Waals surface area contributed by atoms with Crippen LogP contribution in [0.25, 0.3) is 5.65 Å². The molecule has 16 heavy (non-hydrogen) atoms. The van der Waals surface area contributed by atoms with E-state index in [4.69, 9.17) is 5.73 Å². The van der Waals surface area contributed by atoms with Gasteiger partial charge in [0.05, 0.1) is 5.69 Å². The fourth-order valence-corrected chi connectivity index (χ4v) is 2.59. The summed E-state index contributed by atoms with van der Waals surface area (Å²) in [6, 6.07) is 6.05. The van der Waals surface area contributed by atoms with E-state index < -0.39 is 0 Å². The molecular formula is C12H14BrN3. The zero-order valence-electron chi connectivity index (χ0n) is 8.99. The summed E-state index contributed by atoms with van der Waals surface area (Å²) in [4.78, 5) is 4.47. The highest BCUT2D eigenvalue weighted by Crippen LogP contribution is 2.37. The molecule has 0 aliphatic heterocycles. The molecule has 2 aromatic heterocycles. The Morgan fingerprint density at radius 2 is 2.25 bits per heavy atom. The largest absolute Gasteiger partial charge is 0.325 e. The van der Waals surface area contributed by atoms with E-state index in [2.05, 4.69) is 31.5 Å². The molecule has 2 N–H and O–H groups in total. The molecule has 2 heterocycles. The molecule has 0 atom stereocenters. The van der Waals surface area contributed by atoms with Crippen LogP contribution in [0.5, 0.6) is 0 Å². The molecule has 3 rings (SSSR count). The smallest absolute Gasteiger partial charge is 0.138 e. The molecule has 0 unspecified atom stereocenters. The number of hydrogen-bond donors (Lipinski definition) is 1. The molecule has 84 valence electrons. The third-order valence-corrected chi connectivity index (χ3v) is 3.97. The summed E-state index contributed by atoms with van der Waals surface area (Å²) in [5.74, 6) is 0. The highest BCUT2D eigenvalue weighted by molar-refractivity contribution is 9.10. The van der Waals surface area contributed by atoms with Gasteiger partial charge in [0.25, 0.3) is 0 Å². The summed E-state index contributed by atoms with van der Waals surface area (Å²) in [6.45, 7) is 0. The molecule has 4 heteroatoms. The van der Waals surface area contributed by atoms with Crippen LogP contribution in [0.3, 0.4) is 0 Å². The first-order valence-electron chi connectivity index (χ1n) is 5.58. The van der Waals surface area contributed by atoms with Gasteiger partial charge in [-0.15, -0.1) is 0 Å². The average Bonchev–Trinajstić information content (AvgIpc) is 2.91. The van der Waals surface area contributed by atoms with Crippen LogP contribution in [0.1, 0.15) is 25.0 Å². The SMILES string of the molecule is NC1(CCc2c(Br)nc3ccccn23)CC1. The van der Waals surface area contributed by atoms with Crippen molar-refractivity contribution in [1.82, 2.24) is 9.38 Å². The summed E-state index contributed by atoms with van der Waals surface area (Å²) in [7, 11) is 0. The van der Waals surface area contributed by atoms with Crippen molar-refractivity contribution in [2.75, 3.05) is 0 Å². The Kier molecular flexibility index (Phi) is 2.30. The lowest BCUT2D eigenvalue weighted by Gasteiger charge is -2.08. The van der Waals surface area contributed by atoms with E-state index in [1.54, 1.807) is 0 Å². The molecule has 0 aromatic carbocycles. The molecular weight excluding hydrogens is 266 g/mol. The van der Waals surface area contributed by atoms with E-state index in [0.717, 1.165) is 23.1 Å². The van der Waals surface area contributed by atoms with Crippen molar-refractivity contribution < 1.29 is 0 Å². The Morgan fingerprint density at radius 1 is 1.44 bits per heavy atom. The van der Waals surface area contributed by atoms with Crippen LogP contribution in [-0.4, -0.2) is 14.9 Å². The third-order valence-electron chi connectivity index (χ3n) is 3.33. The zero-order valence-corrected chi connectivity index (χ0v) is 10.6. The van der Waals surface area contributed by atoms with Crippen molar-refractivity contribution in [2.24, 2.45) is 5.73 Å². The van der Waals surface area contributed by atoms with Gasteiger partial charge < -0.3 is 10.1 Å². The second-order valence-electron chi connectivity index (χ2n) is 4.64. The van der Waals surface area contributed by atoms with Crippen molar-refractivity contribution in [3.8, 4) is 0 Å². The van der Waals surface area contributed by atoms with Crippen molar-refractivity contribution in [3.63, 3.8) is 0 Å². The Morgan fingerprint density at radius 3 is 3.00 bits per heavy atom. The maximum Gasteiger partial charge on any atom is 0.138 e. The number of rotatable bonds is 3. The van der Waals surface area contributed by atoms with Gasteiger partial charge in [0.15, 0.2) is 0 Å². The molecule has 0 spiro atoms. The minimum atomic E-state index is 0.109. The van der Waals surface area contributed by atoms with Gasteiger partial charge in [0, 0.05) is 11.7 Å². The maximum absolute atomic E-state index is 6.11. The van der Waals surface area contributed by atoms with Gasteiger partial charge >= 0.3 is 0 Å². The lowest BCUT2D eigenvalue weighted by molar-refractivity contribution is 0.600. The van der Waals surface area contributed by atoms with Crippen molar-refractivity contribution in [2.45, 2.75) is 31.2 Å². The number of fused-ring (bicyclic) bond motifs is 1. The molecule has 2 aromatic rings. The van der Waals surface area contributed by atoms with Crippen LogP contribution in [0.2, 0.25) is 0 Å². The quantitative estimate of drug-likeness (QED) is 0.938. The van der Waals surface area contributed by atoms with Crippen LogP contribution < -0.4 is 5.73 Å². The summed E-state index contributed by atoms with van der Waals surface area (Å²) in [5, 5.41) is 0. The monoisotopic (exact) mass is 279 g/mol. The van der Waals surface area contributed by atoms with Gasteiger partial charge in [-0.2, -0.15) is 0 Å². The predicted octanol–water partition coefficient (Wildman–Crippen LogP) is 2.52. The van der Waals surface area contributed by atoms with E-state index in [-0.39, 0.29) is 5.54 Å². The number of nitrogens with two attached hydrogens (primary N) is 1. The number of hydrogen-bond acceptors (Lipinski definition) is 2. The lowest BCUT2D eigenvalue weighted by Crippen LogP contribution is -2.22. The van der Waals surface area contributed by atoms with Crippen molar-refractivity contribution in [1.29, 1.82) is 0 Å². The standard InChI is InChI=1S/C12H14BrN3/c13-11-9(4-5-12(14)6-7-12)16-8-2-1-3-10(16)15-11/h1-3,8H,4-7,14H2. The Bertz CT molecular complexity index is 528. The first kappa shape index (κ1) is 10.3. The van der Waals surface area contributed by atoms with Crippen LogP contribution >= 0.6 is 15.9 Å². The molecule has 0 radical (unpaired) electrons. The van der Waals surface area contributed by atoms with E-state index >= 15 is 0 Å². The third kappa shape index (κ3) is 1.76. The zero-order chi connectivity index (χ0) is 11.2. The van der Waals surface area contributed by atoms with Gasteiger partial charge in [-0.3, -0.25) is 0 Å². The minimum absolute atomic E-state index is 0.109. The van der Waals surface area contributed by atoms with E-state index in [1.807, 2.05) is 18.2 Å². The van der Waals surface area contributed by atoms with Crippen LogP contribution in [0, 0.1) is 0 Å². The highest BCUT2D eigenvalue weighted by Gasteiger charge is 2.37. The van der Waals surface area contributed by atoms with E-state index in [9.17, 15) is 0 Å². The van der Waals surface area contributed by atoms with Crippen molar-refractivity contribution in [3.05, 3.63) is 34.7 Å². The summed E-state index contributed by atoms with van der Waals surface area (Å²) in [5.41, 5.74) is 8.44. The topological polar surface area (TPSA) is 43.3 Å². The number of aryl methyl sites for hydroxylation is 1. The number of imidazole rings is 1. The highest BCUT2D eigenvalue weighted by atomic mass is 79.9. The molecule has 0 bridgehead atoms. The van der Waals surface area contributed by atoms with Crippen LogP contribution in [0.15, 0.2) is 29.0 Å². The molecule has 3 nitrogen and oxygen atoms in total. The van der Waals surface area contributed by atoms with Gasteiger partial charge in [-0.25, -0.2) is 4.98 Å².